The lowest BCUT2D eigenvalue weighted by Crippen LogP contribution is -2.13. The van der Waals surface area contributed by atoms with Crippen LogP contribution in [0.3, 0.4) is 0 Å². The molecule has 0 N–H and O–H groups in total. The van der Waals surface area contributed by atoms with Crippen LogP contribution in [0.15, 0.2) is 42.5 Å². The predicted octanol–water partition coefficient (Wildman–Crippen LogP) is 6.81. The summed E-state index contributed by atoms with van der Waals surface area (Å²) in [6.07, 6.45) is 11.9. The van der Waals surface area contributed by atoms with Crippen molar-refractivity contribution in [3.63, 3.8) is 0 Å². The largest absolute Gasteiger partial charge is 0.491 e. The molecule has 3 fully saturated rings. The zero-order valence-electron chi connectivity index (χ0n) is 20.7. The van der Waals surface area contributed by atoms with Crippen molar-refractivity contribution in [1.82, 2.24) is 0 Å². The van der Waals surface area contributed by atoms with Gasteiger partial charge in [-0.15, -0.1) is 0 Å². The minimum Gasteiger partial charge on any atom is -0.491 e. The Balaban J connectivity index is 1.16. The molecule has 0 amide bonds. The van der Waals surface area contributed by atoms with Crippen LogP contribution in [0, 0.1) is 0 Å². The van der Waals surface area contributed by atoms with Crippen LogP contribution in [0.4, 0.5) is 0 Å². The molecular formula is C30H40O4. The van der Waals surface area contributed by atoms with Crippen molar-refractivity contribution in [2.45, 2.75) is 88.8 Å². The number of aryl methyl sites for hydroxylation is 1. The van der Waals surface area contributed by atoms with Gasteiger partial charge in [-0.05, 0) is 85.3 Å². The van der Waals surface area contributed by atoms with E-state index in [1.165, 1.54) is 68.1 Å². The van der Waals surface area contributed by atoms with E-state index in [9.17, 15) is 0 Å². The Hall–Kier alpha value is -2.04. The van der Waals surface area contributed by atoms with Gasteiger partial charge in [0.15, 0.2) is 0 Å². The van der Waals surface area contributed by atoms with Gasteiger partial charge >= 0.3 is 0 Å². The van der Waals surface area contributed by atoms with E-state index < -0.39 is 0 Å². The summed E-state index contributed by atoms with van der Waals surface area (Å²) in [5.41, 5.74) is 4.35. The van der Waals surface area contributed by atoms with Gasteiger partial charge in [0.1, 0.15) is 36.9 Å². The zero-order chi connectivity index (χ0) is 23.2. The highest BCUT2D eigenvalue weighted by Crippen LogP contribution is 2.41. The van der Waals surface area contributed by atoms with Crippen LogP contribution < -0.4 is 9.47 Å². The molecule has 2 atom stereocenters. The van der Waals surface area contributed by atoms with Gasteiger partial charge < -0.3 is 18.9 Å². The lowest BCUT2D eigenvalue weighted by Gasteiger charge is -2.29. The molecule has 2 aromatic rings. The van der Waals surface area contributed by atoms with Crippen LogP contribution in [0.2, 0.25) is 0 Å². The molecule has 34 heavy (non-hydrogen) atoms. The molecule has 1 aliphatic carbocycles. The third-order valence-electron chi connectivity index (χ3n) is 7.60. The van der Waals surface area contributed by atoms with Crippen LogP contribution in [-0.4, -0.2) is 38.6 Å². The molecule has 0 bridgehead atoms. The Morgan fingerprint density at radius 3 is 2.00 bits per heavy atom. The van der Waals surface area contributed by atoms with E-state index in [1.54, 1.807) is 0 Å². The summed E-state index contributed by atoms with van der Waals surface area (Å²) in [5.74, 6) is 3.34. The molecule has 2 heterocycles. The Labute approximate surface area is 204 Å². The fourth-order valence-electron chi connectivity index (χ4n) is 5.23. The van der Waals surface area contributed by atoms with Gasteiger partial charge in [0, 0.05) is 0 Å². The number of hydrogen-bond acceptors (Lipinski definition) is 4. The highest BCUT2D eigenvalue weighted by molar-refractivity contribution is 5.39. The molecular weight excluding hydrogens is 424 g/mol. The van der Waals surface area contributed by atoms with Gasteiger partial charge in [-0.2, -0.15) is 0 Å². The van der Waals surface area contributed by atoms with Crippen LogP contribution in [0.5, 0.6) is 11.5 Å². The molecule has 2 saturated heterocycles. The molecule has 0 spiro atoms. The Morgan fingerprint density at radius 1 is 0.735 bits per heavy atom. The normalized spacial score (nSPS) is 25.7. The smallest absolute Gasteiger partial charge is 0.122 e. The van der Waals surface area contributed by atoms with Gasteiger partial charge in [-0.1, -0.05) is 50.5 Å². The highest BCUT2D eigenvalue weighted by Gasteiger charge is 2.26. The number of rotatable bonds is 13. The van der Waals surface area contributed by atoms with Crippen molar-refractivity contribution < 1.29 is 18.9 Å². The van der Waals surface area contributed by atoms with Crippen molar-refractivity contribution in [3.8, 4) is 11.5 Å². The SMILES string of the molecule is CCCCCCc1cc(C2CCC(c3ccc(OCC4CO4)cc3)CC2)ccc1OCC1CO1. The molecule has 3 aliphatic rings. The van der Waals surface area contributed by atoms with Crippen molar-refractivity contribution in [2.75, 3.05) is 26.4 Å². The topological polar surface area (TPSA) is 43.5 Å². The molecule has 5 rings (SSSR count). The van der Waals surface area contributed by atoms with E-state index in [2.05, 4.69) is 49.4 Å². The van der Waals surface area contributed by atoms with Crippen LogP contribution in [-0.2, 0) is 15.9 Å². The quantitative estimate of drug-likeness (QED) is 0.241. The Bertz CT molecular complexity index is 893. The maximum Gasteiger partial charge on any atom is 0.122 e. The van der Waals surface area contributed by atoms with Crippen LogP contribution in [0.25, 0.3) is 0 Å². The van der Waals surface area contributed by atoms with Crippen molar-refractivity contribution in [1.29, 1.82) is 0 Å². The lowest BCUT2D eigenvalue weighted by molar-refractivity contribution is 0.260. The molecule has 4 nitrogen and oxygen atoms in total. The third kappa shape index (κ3) is 6.76. The summed E-state index contributed by atoms with van der Waals surface area (Å²) in [6.45, 7) is 5.31. The molecule has 2 aliphatic heterocycles. The summed E-state index contributed by atoms with van der Waals surface area (Å²) in [5, 5.41) is 0. The number of ether oxygens (including phenoxy) is 4. The summed E-state index contributed by atoms with van der Waals surface area (Å²) >= 11 is 0. The second kappa shape index (κ2) is 11.6. The summed E-state index contributed by atoms with van der Waals surface area (Å²) in [4.78, 5) is 0. The van der Waals surface area contributed by atoms with Crippen LogP contribution >= 0.6 is 0 Å². The summed E-state index contributed by atoms with van der Waals surface area (Å²) in [7, 11) is 0. The minimum atomic E-state index is 0.302. The molecule has 184 valence electrons. The highest BCUT2D eigenvalue weighted by atomic mass is 16.6. The Morgan fingerprint density at radius 2 is 1.35 bits per heavy atom. The zero-order valence-corrected chi connectivity index (χ0v) is 20.7. The fraction of sp³-hybridized carbons (Fsp3) is 0.600. The van der Waals surface area contributed by atoms with Gasteiger partial charge in [0.2, 0.25) is 0 Å². The second-order valence-electron chi connectivity index (χ2n) is 10.3. The third-order valence-corrected chi connectivity index (χ3v) is 7.60. The van der Waals surface area contributed by atoms with E-state index in [0.717, 1.165) is 31.1 Å². The summed E-state index contributed by atoms with van der Waals surface area (Å²) in [6, 6.07) is 15.8. The molecule has 2 unspecified atom stereocenters. The van der Waals surface area contributed by atoms with Crippen molar-refractivity contribution >= 4 is 0 Å². The minimum absolute atomic E-state index is 0.302. The first-order valence-corrected chi connectivity index (χ1v) is 13.5. The first-order chi connectivity index (χ1) is 16.8. The Kier molecular flexibility index (Phi) is 8.08. The number of epoxide rings is 2. The van der Waals surface area contributed by atoms with Gasteiger partial charge in [0.25, 0.3) is 0 Å². The van der Waals surface area contributed by atoms with E-state index in [-0.39, 0.29) is 0 Å². The predicted molar refractivity (Wildman–Crippen MR) is 135 cm³/mol. The van der Waals surface area contributed by atoms with Gasteiger partial charge in [0.05, 0.1) is 13.2 Å². The van der Waals surface area contributed by atoms with Crippen molar-refractivity contribution in [3.05, 3.63) is 59.2 Å². The van der Waals surface area contributed by atoms with E-state index in [4.69, 9.17) is 18.9 Å². The maximum absolute atomic E-state index is 6.14. The first-order valence-electron chi connectivity index (χ1n) is 13.5. The molecule has 0 radical (unpaired) electrons. The fourth-order valence-corrected chi connectivity index (χ4v) is 5.23. The summed E-state index contributed by atoms with van der Waals surface area (Å²) < 4.78 is 22.5. The average molecular weight is 465 g/mol. The standard InChI is InChI=1S/C30H40O4/c1-2-3-4-5-6-26-17-25(13-16-30(26)34-21-29-20-33-29)24-9-7-22(8-10-24)23-11-14-27(15-12-23)31-18-28-19-32-28/h11-17,22,24,28-29H,2-10,18-21H2,1H3. The number of benzene rings is 2. The molecule has 4 heteroatoms. The van der Waals surface area contributed by atoms with Crippen molar-refractivity contribution in [2.24, 2.45) is 0 Å². The molecule has 0 aromatic heterocycles. The van der Waals surface area contributed by atoms with Gasteiger partial charge in [-0.3, -0.25) is 0 Å². The monoisotopic (exact) mass is 464 g/mol. The van der Waals surface area contributed by atoms with Crippen LogP contribution in [0.1, 0.15) is 86.8 Å². The molecule has 2 aromatic carbocycles. The first kappa shape index (κ1) is 23.7. The van der Waals surface area contributed by atoms with Gasteiger partial charge in [-0.25, -0.2) is 0 Å². The second-order valence-corrected chi connectivity index (χ2v) is 10.3. The molecule has 1 saturated carbocycles. The number of unbranched alkanes of at least 4 members (excludes halogenated alkanes) is 3. The van der Waals surface area contributed by atoms with E-state index in [0.29, 0.717) is 37.3 Å². The lowest BCUT2D eigenvalue weighted by atomic mass is 9.76. The van der Waals surface area contributed by atoms with E-state index in [1.807, 2.05) is 0 Å². The number of hydrogen-bond donors (Lipinski definition) is 0. The maximum atomic E-state index is 6.14. The van der Waals surface area contributed by atoms with E-state index >= 15 is 0 Å². The average Bonchev–Trinajstić information content (AvgIpc) is 3.80.